The molecule has 2 aromatic carbocycles. The number of para-hydroxylation sites is 3. The first-order chi connectivity index (χ1) is 15.1. The molecule has 0 fully saturated rings. The van der Waals surface area contributed by atoms with Crippen LogP contribution in [0.3, 0.4) is 0 Å². The fourth-order valence-electron chi connectivity index (χ4n) is 5.34. The molecule has 3 atom stereocenters. The van der Waals surface area contributed by atoms with Gasteiger partial charge in [0.15, 0.2) is 5.43 Å². The minimum absolute atomic E-state index is 0.0308. The monoisotopic (exact) mass is 408 g/mol. The van der Waals surface area contributed by atoms with Gasteiger partial charge in [-0.15, -0.1) is 0 Å². The molecule has 3 heterocycles. The van der Waals surface area contributed by atoms with Crippen molar-refractivity contribution in [2.24, 2.45) is 0 Å². The molecule has 1 aromatic heterocycles. The molecule has 4 aliphatic rings. The van der Waals surface area contributed by atoms with Crippen LogP contribution in [-0.2, 0) is 6.42 Å². The van der Waals surface area contributed by atoms with E-state index in [2.05, 4.69) is 4.57 Å². The third-order valence-electron chi connectivity index (χ3n) is 6.63. The van der Waals surface area contributed by atoms with E-state index in [9.17, 15) is 15.0 Å². The van der Waals surface area contributed by atoms with E-state index in [-0.39, 0.29) is 17.2 Å². The first-order valence-corrected chi connectivity index (χ1v) is 10.2. The lowest BCUT2D eigenvalue weighted by Crippen LogP contribution is -2.44. The van der Waals surface area contributed by atoms with Crippen LogP contribution in [-0.4, -0.2) is 35.8 Å². The lowest BCUT2D eigenvalue weighted by Gasteiger charge is -2.43. The van der Waals surface area contributed by atoms with Gasteiger partial charge in [0, 0.05) is 12.0 Å². The molecule has 0 saturated carbocycles. The fraction of sp³-hybridized carbons (Fsp3) is 0.167. The Balaban J connectivity index is 1.65. The fourth-order valence-corrected chi connectivity index (χ4v) is 5.34. The largest absolute Gasteiger partial charge is 0.506 e. The summed E-state index contributed by atoms with van der Waals surface area (Å²) in [5, 5.41) is 21.8. The van der Waals surface area contributed by atoms with Gasteiger partial charge in [0.2, 0.25) is 0 Å². The van der Waals surface area contributed by atoms with Crippen molar-refractivity contribution in [3.05, 3.63) is 81.8 Å². The summed E-state index contributed by atoms with van der Waals surface area (Å²) >= 11 is 0. The molecule has 0 saturated heterocycles. The topological polar surface area (TPSA) is 101 Å². The Morgan fingerprint density at radius 2 is 1.77 bits per heavy atom. The van der Waals surface area contributed by atoms with Crippen LogP contribution in [0.2, 0.25) is 0 Å². The van der Waals surface area contributed by atoms with Gasteiger partial charge < -0.3 is 14.8 Å². The highest BCUT2D eigenvalue weighted by atomic mass is 16.3. The molecular formula is C24H16N4O3. The number of aliphatic hydroxyl groups is 1. The third-order valence-corrected chi connectivity index (χ3v) is 6.63. The number of nitrogens with zero attached hydrogens (tertiary/aromatic N) is 4. The molecule has 0 radical (unpaired) electrons. The smallest absolute Gasteiger partial charge is 0.184 e. The van der Waals surface area contributed by atoms with Crippen LogP contribution >= 0.6 is 0 Å². The van der Waals surface area contributed by atoms with E-state index in [1.54, 1.807) is 18.2 Å². The molecule has 7 nitrogen and oxygen atoms in total. The highest BCUT2D eigenvalue weighted by Gasteiger charge is 2.47. The highest BCUT2D eigenvalue weighted by Crippen LogP contribution is 2.49. The number of phenolic OH excluding ortho intramolecular Hbond substituents is 1. The van der Waals surface area contributed by atoms with Crippen molar-refractivity contribution in [1.82, 2.24) is 19.5 Å². The molecule has 3 aromatic rings. The molecule has 2 N–H and O–H groups in total. The zero-order valence-electron chi connectivity index (χ0n) is 16.2. The Morgan fingerprint density at radius 3 is 2.68 bits per heavy atom. The summed E-state index contributed by atoms with van der Waals surface area (Å²) in [6, 6.07) is 15.8. The van der Waals surface area contributed by atoms with Gasteiger partial charge in [-0.1, -0.05) is 18.2 Å². The van der Waals surface area contributed by atoms with Crippen molar-refractivity contribution in [2.45, 2.75) is 24.5 Å². The molecule has 2 aliphatic carbocycles. The number of fused-ring (bicyclic) bond motifs is 9. The first kappa shape index (κ1) is 16.9. The van der Waals surface area contributed by atoms with Gasteiger partial charge in [-0.2, -0.15) is 0 Å². The van der Waals surface area contributed by atoms with Gasteiger partial charge in [-0.3, -0.25) is 4.79 Å². The standard InChI is InChI=1S/C24H16N4O3/c29-17-9-8-13-23-19(17)20-22-14(26-12-5-3-7-18(30)21(12)27-22)10-16(24(20)31)28(23)15-6-2-1-4-11(15)25-13/h1-9,16,20,24,30-31H,10H2. The van der Waals surface area contributed by atoms with Crippen LogP contribution in [0.5, 0.6) is 5.75 Å². The number of aromatic nitrogens is 4. The second kappa shape index (κ2) is 5.65. The number of aliphatic hydroxyl groups excluding tert-OH is 1. The average Bonchev–Trinajstić information content (AvgIpc) is 2.77. The number of benzene rings is 3. The number of rotatable bonds is 0. The van der Waals surface area contributed by atoms with Crippen LogP contribution in [0.1, 0.15) is 28.9 Å². The molecule has 0 amide bonds. The Bertz CT molecular complexity index is 1590. The third kappa shape index (κ3) is 2.06. The minimum atomic E-state index is -0.841. The molecule has 2 bridgehead atoms. The van der Waals surface area contributed by atoms with E-state index in [1.807, 2.05) is 30.3 Å². The molecule has 7 heteroatoms. The minimum Gasteiger partial charge on any atom is -0.506 e. The average molecular weight is 408 g/mol. The zero-order valence-corrected chi connectivity index (χ0v) is 16.2. The molecule has 2 aliphatic heterocycles. The summed E-state index contributed by atoms with van der Waals surface area (Å²) in [6.07, 6.45) is -0.367. The number of hydrogen-bond donors (Lipinski definition) is 2. The summed E-state index contributed by atoms with van der Waals surface area (Å²) in [5.41, 5.74) is 5.75. The molecule has 7 rings (SSSR count). The second-order valence-corrected chi connectivity index (χ2v) is 8.26. The predicted molar refractivity (Wildman–Crippen MR) is 114 cm³/mol. The van der Waals surface area contributed by atoms with Gasteiger partial charge in [-0.25, -0.2) is 15.0 Å². The van der Waals surface area contributed by atoms with Crippen molar-refractivity contribution in [2.75, 3.05) is 0 Å². The van der Waals surface area contributed by atoms with E-state index >= 15 is 0 Å². The van der Waals surface area contributed by atoms with E-state index < -0.39 is 12.0 Å². The van der Waals surface area contributed by atoms with E-state index in [0.717, 1.165) is 28.1 Å². The van der Waals surface area contributed by atoms with Gasteiger partial charge in [0.05, 0.1) is 57.4 Å². The van der Waals surface area contributed by atoms with Gasteiger partial charge >= 0.3 is 0 Å². The van der Waals surface area contributed by atoms with Gasteiger partial charge in [-0.05, 0) is 36.4 Å². The maximum atomic E-state index is 13.1. The number of aromatic hydroxyl groups is 1. The normalized spacial score (nSPS) is 21.5. The van der Waals surface area contributed by atoms with Crippen molar-refractivity contribution >= 4 is 22.1 Å². The molecule has 31 heavy (non-hydrogen) atoms. The lowest BCUT2D eigenvalue weighted by molar-refractivity contribution is 0.0800. The first-order valence-electron chi connectivity index (χ1n) is 10.2. The van der Waals surface area contributed by atoms with Crippen LogP contribution in [0.4, 0.5) is 0 Å². The highest BCUT2D eigenvalue weighted by molar-refractivity contribution is 5.84. The van der Waals surface area contributed by atoms with E-state index in [0.29, 0.717) is 28.7 Å². The lowest BCUT2D eigenvalue weighted by atomic mass is 9.74. The summed E-state index contributed by atoms with van der Waals surface area (Å²) in [5.74, 6) is -0.590. The number of hydrogen-bond acceptors (Lipinski definition) is 6. The summed E-state index contributed by atoms with van der Waals surface area (Å²) in [4.78, 5) is 27.4. The van der Waals surface area contributed by atoms with Gasteiger partial charge in [0.1, 0.15) is 11.3 Å². The van der Waals surface area contributed by atoms with E-state index in [1.165, 1.54) is 6.07 Å². The predicted octanol–water partition coefficient (Wildman–Crippen LogP) is 2.75. The Morgan fingerprint density at radius 1 is 0.935 bits per heavy atom. The van der Waals surface area contributed by atoms with Crippen LogP contribution in [0.25, 0.3) is 33.5 Å². The van der Waals surface area contributed by atoms with Crippen LogP contribution in [0, 0.1) is 0 Å². The number of phenols is 1. The van der Waals surface area contributed by atoms with Crippen LogP contribution in [0.15, 0.2) is 59.4 Å². The Kier molecular flexibility index (Phi) is 3.08. The summed E-state index contributed by atoms with van der Waals surface area (Å²) in [7, 11) is 0. The second-order valence-electron chi connectivity index (χ2n) is 8.26. The quantitative estimate of drug-likeness (QED) is 0.382. The maximum Gasteiger partial charge on any atom is 0.184 e. The molecule has 150 valence electrons. The molecular weight excluding hydrogens is 392 g/mol. The van der Waals surface area contributed by atoms with Crippen molar-refractivity contribution in [1.29, 1.82) is 0 Å². The van der Waals surface area contributed by atoms with E-state index in [4.69, 9.17) is 15.0 Å². The SMILES string of the molecule is O=c1ccc2nc3ccccc3n3c-2c1C1c2nc4c(O)cccc4nc2CC3C1O. The van der Waals surface area contributed by atoms with Gasteiger partial charge in [0.25, 0.3) is 0 Å². The summed E-state index contributed by atoms with van der Waals surface area (Å²) in [6.45, 7) is 0. The Hall–Kier alpha value is -3.84. The molecule has 0 spiro atoms. The maximum absolute atomic E-state index is 13.1. The van der Waals surface area contributed by atoms with Crippen molar-refractivity contribution in [3.8, 4) is 17.1 Å². The van der Waals surface area contributed by atoms with Crippen molar-refractivity contribution < 1.29 is 10.2 Å². The molecule has 3 unspecified atom stereocenters. The Labute approximate surface area is 175 Å². The van der Waals surface area contributed by atoms with Crippen LogP contribution < -0.4 is 5.43 Å². The zero-order chi connectivity index (χ0) is 20.9. The van der Waals surface area contributed by atoms with Crippen molar-refractivity contribution in [3.63, 3.8) is 0 Å². The summed E-state index contributed by atoms with van der Waals surface area (Å²) < 4.78 is 2.06.